The highest BCUT2D eigenvalue weighted by atomic mass is 35.5. The minimum absolute atomic E-state index is 0.0310. The van der Waals surface area contributed by atoms with E-state index in [9.17, 15) is 36.2 Å². The smallest absolute Gasteiger partial charge is 0.418 e. The minimum Gasteiger partial charge on any atom is -0.480 e. The first kappa shape index (κ1) is 25.3. The molecule has 0 aliphatic rings. The number of hydrogen-bond acceptors (Lipinski definition) is 4. The number of carbonyl (C=O) groups is 1. The number of pyridine rings is 1. The van der Waals surface area contributed by atoms with Crippen molar-refractivity contribution in [2.75, 3.05) is 12.0 Å². The number of hydrogen-bond donors (Lipinski definition) is 2. The van der Waals surface area contributed by atoms with Gasteiger partial charge in [0.25, 0.3) is 0 Å². The summed E-state index contributed by atoms with van der Waals surface area (Å²) in [5.74, 6) is -1.25. The molecule has 0 amide bonds. The second-order valence-corrected chi connectivity index (χ2v) is 7.91. The summed E-state index contributed by atoms with van der Waals surface area (Å²) in [7, 11) is 0. The summed E-state index contributed by atoms with van der Waals surface area (Å²) in [6, 6.07) is 2.21. The highest BCUT2D eigenvalue weighted by Gasteiger charge is 2.39. The van der Waals surface area contributed by atoms with E-state index in [-0.39, 0.29) is 11.3 Å². The van der Waals surface area contributed by atoms with Gasteiger partial charge in [0, 0.05) is 11.9 Å². The number of carboxylic acid groups (broad SMARTS) is 1. The molecule has 2 unspecified atom stereocenters. The molecule has 3 atom stereocenters. The molecule has 0 saturated heterocycles. The molecular formula is C19H17ClF6N2O2S. The Hall–Kier alpha value is -1.98. The molecule has 0 bridgehead atoms. The molecular weight excluding hydrogens is 470 g/mol. The van der Waals surface area contributed by atoms with Gasteiger partial charge in [-0.3, -0.25) is 15.1 Å². The van der Waals surface area contributed by atoms with Gasteiger partial charge in [-0.05, 0) is 36.1 Å². The number of rotatable bonds is 8. The molecule has 4 nitrogen and oxygen atoms in total. The van der Waals surface area contributed by atoms with Crippen LogP contribution in [0.15, 0.2) is 42.6 Å². The average Bonchev–Trinajstić information content (AvgIpc) is 2.67. The third-order valence-corrected chi connectivity index (χ3v) is 5.57. The van der Waals surface area contributed by atoms with Crippen LogP contribution in [0.1, 0.15) is 28.4 Å². The van der Waals surface area contributed by atoms with Gasteiger partial charge in [0.1, 0.15) is 6.04 Å². The Bertz CT molecular complexity index is 892. The first-order valence-corrected chi connectivity index (χ1v) is 10.5. The van der Waals surface area contributed by atoms with Crippen molar-refractivity contribution in [1.29, 1.82) is 0 Å². The van der Waals surface area contributed by atoms with Crippen LogP contribution in [0.4, 0.5) is 26.3 Å². The van der Waals surface area contributed by atoms with Gasteiger partial charge in [0.2, 0.25) is 0 Å². The third kappa shape index (κ3) is 6.50. The van der Waals surface area contributed by atoms with Crippen molar-refractivity contribution >= 4 is 29.3 Å². The Balaban J connectivity index is 2.59. The van der Waals surface area contributed by atoms with Crippen LogP contribution in [0, 0.1) is 0 Å². The maximum Gasteiger partial charge on any atom is 0.418 e. The van der Waals surface area contributed by atoms with Crippen LogP contribution in [0.25, 0.3) is 0 Å². The van der Waals surface area contributed by atoms with E-state index in [1.807, 2.05) is 0 Å². The lowest BCUT2D eigenvalue weighted by molar-refractivity contribution is -0.140. The van der Waals surface area contributed by atoms with Crippen molar-refractivity contribution < 1.29 is 36.2 Å². The molecule has 1 aromatic carbocycles. The van der Waals surface area contributed by atoms with Gasteiger partial charge in [-0.25, -0.2) is 0 Å². The van der Waals surface area contributed by atoms with E-state index in [2.05, 4.69) is 10.3 Å². The first-order valence-electron chi connectivity index (χ1n) is 8.67. The SMILES string of the molecule is CSCC(Cl)[C@@H](NC(c1ccc(C(F)(F)F)cc1)c1ncccc1C(F)(F)F)C(=O)O. The highest BCUT2D eigenvalue weighted by molar-refractivity contribution is 7.98. The van der Waals surface area contributed by atoms with Crippen LogP contribution in [0.5, 0.6) is 0 Å². The van der Waals surface area contributed by atoms with E-state index >= 15 is 0 Å². The molecule has 1 aromatic heterocycles. The number of halogens is 7. The fourth-order valence-corrected chi connectivity index (χ4v) is 3.92. The summed E-state index contributed by atoms with van der Waals surface area (Å²) >= 11 is 7.35. The largest absolute Gasteiger partial charge is 0.480 e. The molecule has 0 spiro atoms. The second kappa shape index (κ2) is 10.1. The fourth-order valence-electron chi connectivity index (χ4n) is 2.85. The molecule has 2 aromatic rings. The number of alkyl halides is 7. The van der Waals surface area contributed by atoms with Crippen molar-refractivity contribution in [3.05, 3.63) is 65.0 Å². The fraction of sp³-hybridized carbons (Fsp3) is 0.368. The van der Waals surface area contributed by atoms with Crippen LogP contribution in [0.2, 0.25) is 0 Å². The number of thioether (sulfide) groups is 1. The molecule has 1 heterocycles. The van der Waals surface area contributed by atoms with Crippen molar-refractivity contribution in [2.45, 2.75) is 29.8 Å². The number of aromatic nitrogens is 1. The quantitative estimate of drug-likeness (QED) is 0.395. The predicted octanol–water partition coefficient (Wildman–Crippen LogP) is 5.22. The highest BCUT2D eigenvalue weighted by Crippen LogP contribution is 2.37. The van der Waals surface area contributed by atoms with Crippen molar-refractivity contribution in [2.24, 2.45) is 0 Å². The normalized spacial score (nSPS) is 15.4. The summed E-state index contributed by atoms with van der Waals surface area (Å²) in [5, 5.41) is 11.1. The molecule has 2 rings (SSSR count). The summed E-state index contributed by atoms with van der Waals surface area (Å²) in [5.41, 5.74) is -2.75. The van der Waals surface area contributed by atoms with Crippen LogP contribution < -0.4 is 5.32 Å². The van der Waals surface area contributed by atoms with Gasteiger partial charge in [0.05, 0.1) is 28.2 Å². The molecule has 0 aliphatic heterocycles. The number of nitrogens with one attached hydrogen (secondary N) is 1. The zero-order valence-electron chi connectivity index (χ0n) is 15.8. The molecule has 0 radical (unpaired) electrons. The third-order valence-electron chi connectivity index (χ3n) is 4.29. The first-order chi connectivity index (χ1) is 14.4. The number of aliphatic carboxylic acids is 1. The zero-order chi connectivity index (χ0) is 23.4. The van der Waals surface area contributed by atoms with Crippen LogP contribution in [0.3, 0.4) is 0 Å². The lowest BCUT2D eigenvalue weighted by Gasteiger charge is -2.28. The Kier molecular flexibility index (Phi) is 8.23. The summed E-state index contributed by atoms with van der Waals surface area (Å²) in [4.78, 5) is 15.5. The van der Waals surface area contributed by atoms with E-state index in [1.54, 1.807) is 6.26 Å². The molecule has 170 valence electrons. The van der Waals surface area contributed by atoms with Crippen LogP contribution >= 0.6 is 23.4 Å². The number of nitrogens with zero attached hydrogens (tertiary/aromatic N) is 1. The van der Waals surface area contributed by atoms with Gasteiger partial charge in [0.15, 0.2) is 0 Å². The van der Waals surface area contributed by atoms with E-state index < -0.39 is 52.6 Å². The molecule has 0 saturated carbocycles. The maximum absolute atomic E-state index is 13.6. The lowest BCUT2D eigenvalue weighted by atomic mass is 9.96. The van der Waals surface area contributed by atoms with E-state index in [0.717, 1.165) is 30.5 Å². The van der Waals surface area contributed by atoms with E-state index in [4.69, 9.17) is 11.6 Å². The average molecular weight is 487 g/mol. The summed E-state index contributed by atoms with van der Waals surface area (Å²) in [6.07, 6.45) is -6.72. The van der Waals surface area contributed by atoms with Crippen LogP contribution in [-0.2, 0) is 17.1 Å². The van der Waals surface area contributed by atoms with E-state index in [1.165, 1.54) is 11.8 Å². The topological polar surface area (TPSA) is 62.2 Å². The van der Waals surface area contributed by atoms with Crippen LogP contribution in [-0.4, -0.2) is 39.5 Å². The number of benzene rings is 1. The Morgan fingerprint density at radius 3 is 2.23 bits per heavy atom. The Morgan fingerprint density at radius 2 is 1.74 bits per heavy atom. The monoisotopic (exact) mass is 486 g/mol. The van der Waals surface area contributed by atoms with Gasteiger partial charge in [-0.15, -0.1) is 11.6 Å². The van der Waals surface area contributed by atoms with Crippen molar-refractivity contribution in [3.8, 4) is 0 Å². The molecule has 12 heteroatoms. The molecule has 2 N–H and O–H groups in total. The minimum atomic E-state index is -4.83. The van der Waals surface area contributed by atoms with Gasteiger partial charge in [-0.1, -0.05) is 12.1 Å². The van der Waals surface area contributed by atoms with Gasteiger partial charge >= 0.3 is 18.3 Å². The van der Waals surface area contributed by atoms with Gasteiger partial charge in [-0.2, -0.15) is 38.1 Å². The Labute approximate surface area is 183 Å². The number of carboxylic acids is 1. The molecule has 0 fully saturated rings. The standard InChI is InChI=1S/C19H17ClF6N2O2S/c1-31-9-13(20)16(17(29)30)28-14(10-4-6-11(7-5-10)18(21,22)23)15-12(19(24,25)26)3-2-8-27-15/h2-8,13-14,16,28H,9H2,1H3,(H,29,30)/t13?,14?,16-/m1/s1. The van der Waals surface area contributed by atoms with Gasteiger partial charge < -0.3 is 5.11 Å². The van der Waals surface area contributed by atoms with E-state index in [0.29, 0.717) is 12.1 Å². The van der Waals surface area contributed by atoms with Crippen molar-refractivity contribution in [1.82, 2.24) is 10.3 Å². The second-order valence-electron chi connectivity index (χ2n) is 6.44. The molecule has 0 aliphatic carbocycles. The maximum atomic E-state index is 13.6. The summed E-state index contributed by atoms with van der Waals surface area (Å²) < 4.78 is 79.4. The summed E-state index contributed by atoms with van der Waals surface area (Å²) in [6.45, 7) is 0. The van der Waals surface area contributed by atoms with Crippen molar-refractivity contribution in [3.63, 3.8) is 0 Å². The predicted molar refractivity (Wildman–Crippen MR) is 105 cm³/mol. The molecule has 31 heavy (non-hydrogen) atoms. The lowest BCUT2D eigenvalue weighted by Crippen LogP contribution is -2.47. The zero-order valence-corrected chi connectivity index (χ0v) is 17.4. The Morgan fingerprint density at radius 1 is 1.13 bits per heavy atom.